The van der Waals surface area contributed by atoms with Gasteiger partial charge in [-0.1, -0.05) is 43.3 Å². The third-order valence-corrected chi connectivity index (χ3v) is 4.50. The van der Waals surface area contributed by atoms with E-state index in [2.05, 4.69) is 15.4 Å². The third kappa shape index (κ3) is 4.27. The number of ketones is 1. The lowest BCUT2D eigenvalue weighted by atomic mass is 9.98. The average molecular weight is 388 g/mol. The molecule has 3 rings (SSSR count). The van der Waals surface area contributed by atoms with Crippen molar-refractivity contribution >= 4 is 5.78 Å². The van der Waals surface area contributed by atoms with Gasteiger partial charge in [0.2, 0.25) is 5.82 Å². The van der Waals surface area contributed by atoms with Crippen LogP contribution in [0.3, 0.4) is 0 Å². The Morgan fingerprint density at radius 1 is 1.11 bits per heavy atom. The van der Waals surface area contributed by atoms with Crippen molar-refractivity contribution in [3.8, 4) is 11.4 Å². The molecule has 0 saturated heterocycles. The summed E-state index contributed by atoms with van der Waals surface area (Å²) in [6.07, 6.45) is -3.38. The summed E-state index contributed by atoms with van der Waals surface area (Å²) < 4.78 is 38.2. The molecule has 0 aliphatic heterocycles. The van der Waals surface area contributed by atoms with E-state index in [1.54, 1.807) is 0 Å². The van der Waals surface area contributed by atoms with Crippen molar-refractivity contribution in [3.63, 3.8) is 0 Å². The van der Waals surface area contributed by atoms with Gasteiger partial charge >= 0.3 is 6.18 Å². The van der Waals surface area contributed by atoms with Gasteiger partial charge in [-0.2, -0.15) is 18.0 Å². The molecule has 3 aromatic rings. The Balaban J connectivity index is 1.88. The smallest absolute Gasteiger partial charge is 0.298 e. The van der Waals surface area contributed by atoms with E-state index in [1.807, 2.05) is 31.2 Å². The summed E-state index contributed by atoms with van der Waals surface area (Å²) in [6.45, 7) is 3.35. The first-order chi connectivity index (χ1) is 13.3. The van der Waals surface area contributed by atoms with E-state index < -0.39 is 17.8 Å². The number of halogens is 3. The number of nitrogens with zero attached hydrogens (tertiary/aromatic N) is 4. The highest BCUT2D eigenvalue weighted by Gasteiger charge is 2.30. The molecule has 0 aliphatic rings. The largest absolute Gasteiger partial charge is 0.416 e. The number of rotatable bonds is 6. The molecule has 0 amide bonds. The van der Waals surface area contributed by atoms with E-state index in [4.69, 9.17) is 0 Å². The zero-order valence-corrected chi connectivity index (χ0v) is 15.4. The Kier molecular flexibility index (Phi) is 5.58. The number of carbonyl (C=O) groups is 1. The molecule has 0 fully saturated rings. The van der Waals surface area contributed by atoms with Crippen LogP contribution >= 0.6 is 0 Å². The molecule has 0 aliphatic carbocycles. The Bertz CT molecular complexity index is 964. The van der Waals surface area contributed by atoms with Gasteiger partial charge in [0.15, 0.2) is 5.78 Å². The summed E-state index contributed by atoms with van der Waals surface area (Å²) in [4.78, 5) is 13.0. The molecule has 1 heterocycles. The van der Waals surface area contributed by atoms with Gasteiger partial charge in [-0.15, -0.1) is 10.2 Å². The lowest BCUT2D eigenvalue weighted by molar-refractivity contribution is -0.137. The summed E-state index contributed by atoms with van der Waals surface area (Å²) in [5.74, 6) is 0.326. The number of carbonyl (C=O) groups excluding carboxylic acids is 1. The fraction of sp³-hybridized carbons (Fsp3) is 0.300. The average Bonchev–Trinajstić information content (AvgIpc) is 3.11. The molecular formula is C20H19F3N4O. The molecule has 0 N–H and O–H groups in total. The standard InChI is InChI=1S/C20H19F3N4O/c1-3-18(13(2)28)27-25-19(24-26-27)17-7-5-4-6-15(17)12-14-8-10-16(11-9-14)20(21,22)23/h4-11,18H,3,12H2,1-2H3. The predicted molar refractivity (Wildman–Crippen MR) is 97.5 cm³/mol. The van der Waals surface area contributed by atoms with Crippen LogP contribution in [0.2, 0.25) is 0 Å². The quantitative estimate of drug-likeness (QED) is 0.624. The number of aromatic nitrogens is 4. The normalized spacial score (nSPS) is 12.8. The highest BCUT2D eigenvalue weighted by Crippen LogP contribution is 2.30. The molecule has 1 unspecified atom stereocenters. The summed E-state index contributed by atoms with van der Waals surface area (Å²) in [5, 5.41) is 12.4. The van der Waals surface area contributed by atoms with Gasteiger partial charge in [-0.25, -0.2) is 0 Å². The molecule has 1 atom stereocenters. The lowest BCUT2D eigenvalue weighted by Gasteiger charge is -2.10. The molecule has 8 heteroatoms. The summed E-state index contributed by atoms with van der Waals surface area (Å²) >= 11 is 0. The molecule has 1 aromatic heterocycles. The van der Waals surface area contributed by atoms with Gasteiger partial charge in [0.1, 0.15) is 6.04 Å². The second-order valence-electron chi connectivity index (χ2n) is 6.50. The van der Waals surface area contributed by atoms with Crippen LogP contribution in [0.1, 0.15) is 43.0 Å². The first kappa shape index (κ1) is 19.7. The SMILES string of the molecule is CCC(C(C)=O)n1nnc(-c2ccccc2Cc2ccc(C(F)(F)F)cc2)n1. The van der Waals surface area contributed by atoms with E-state index in [0.717, 1.165) is 28.8 Å². The minimum Gasteiger partial charge on any atom is -0.298 e. The van der Waals surface area contributed by atoms with Crippen molar-refractivity contribution in [1.82, 2.24) is 20.2 Å². The Hall–Kier alpha value is -3.03. The maximum atomic E-state index is 12.7. The van der Waals surface area contributed by atoms with Crippen LogP contribution in [0.25, 0.3) is 11.4 Å². The Labute approximate surface area is 160 Å². The van der Waals surface area contributed by atoms with Crippen LogP contribution in [0, 0.1) is 0 Å². The van der Waals surface area contributed by atoms with Gasteiger partial charge in [0.25, 0.3) is 0 Å². The van der Waals surface area contributed by atoms with Crippen LogP contribution in [0.5, 0.6) is 0 Å². The third-order valence-electron chi connectivity index (χ3n) is 4.50. The highest BCUT2D eigenvalue weighted by atomic mass is 19.4. The van der Waals surface area contributed by atoms with Crippen molar-refractivity contribution in [2.75, 3.05) is 0 Å². The highest BCUT2D eigenvalue weighted by molar-refractivity contribution is 5.79. The zero-order valence-electron chi connectivity index (χ0n) is 15.4. The van der Waals surface area contributed by atoms with E-state index >= 15 is 0 Å². The fourth-order valence-electron chi connectivity index (χ4n) is 3.00. The topological polar surface area (TPSA) is 60.7 Å². The Morgan fingerprint density at radius 2 is 1.79 bits per heavy atom. The van der Waals surface area contributed by atoms with Crippen molar-refractivity contribution < 1.29 is 18.0 Å². The van der Waals surface area contributed by atoms with Crippen LogP contribution in [0.15, 0.2) is 48.5 Å². The minimum absolute atomic E-state index is 0.0514. The number of alkyl halides is 3. The van der Waals surface area contributed by atoms with Crippen LogP contribution in [-0.4, -0.2) is 26.0 Å². The summed E-state index contributed by atoms with van der Waals surface area (Å²) in [6, 6.07) is 12.0. The molecule has 146 valence electrons. The Morgan fingerprint density at radius 3 is 2.39 bits per heavy atom. The summed E-state index contributed by atoms with van der Waals surface area (Å²) in [7, 11) is 0. The van der Waals surface area contributed by atoms with Gasteiger partial charge in [-0.3, -0.25) is 4.79 Å². The molecule has 28 heavy (non-hydrogen) atoms. The molecular weight excluding hydrogens is 369 g/mol. The van der Waals surface area contributed by atoms with Crippen molar-refractivity contribution in [2.45, 2.75) is 38.9 Å². The maximum Gasteiger partial charge on any atom is 0.416 e. The number of Topliss-reactive ketones (excluding diaryl/α,β-unsaturated/α-hetero) is 1. The van der Waals surface area contributed by atoms with Crippen LogP contribution in [-0.2, 0) is 17.4 Å². The number of hydrogen-bond donors (Lipinski definition) is 0. The predicted octanol–water partition coefficient (Wildman–Crippen LogP) is 4.49. The van der Waals surface area contributed by atoms with Crippen LogP contribution < -0.4 is 0 Å². The molecule has 0 saturated carbocycles. The summed E-state index contributed by atoms with van der Waals surface area (Å²) in [5.41, 5.74) is 1.65. The fourth-order valence-corrected chi connectivity index (χ4v) is 3.00. The number of hydrogen-bond acceptors (Lipinski definition) is 4. The number of benzene rings is 2. The molecule has 0 spiro atoms. The van der Waals surface area contributed by atoms with Gasteiger partial charge in [0, 0.05) is 5.56 Å². The van der Waals surface area contributed by atoms with E-state index in [-0.39, 0.29) is 5.78 Å². The second-order valence-corrected chi connectivity index (χ2v) is 6.50. The van der Waals surface area contributed by atoms with E-state index in [9.17, 15) is 18.0 Å². The number of tetrazole rings is 1. The van der Waals surface area contributed by atoms with Gasteiger partial charge in [0.05, 0.1) is 5.56 Å². The maximum absolute atomic E-state index is 12.7. The van der Waals surface area contributed by atoms with Gasteiger partial charge < -0.3 is 0 Å². The minimum atomic E-state index is -4.36. The lowest BCUT2D eigenvalue weighted by Crippen LogP contribution is -2.18. The first-order valence-electron chi connectivity index (χ1n) is 8.84. The van der Waals surface area contributed by atoms with Crippen molar-refractivity contribution in [2.24, 2.45) is 0 Å². The second kappa shape index (κ2) is 7.92. The van der Waals surface area contributed by atoms with Crippen molar-refractivity contribution in [1.29, 1.82) is 0 Å². The molecule has 5 nitrogen and oxygen atoms in total. The zero-order chi connectivity index (χ0) is 20.3. The van der Waals surface area contributed by atoms with Gasteiger partial charge in [-0.05, 0) is 48.2 Å². The molecule has 2 aromatic carbocycles. The van der Waals surface area contributed by atoms with Crippen LogP contribution in [0.4, 0.5) is 13.2 Å². The first-order valence-corrected chi connectivity index (χ1v) is 8.84. The molecule has 0 bridgehead atoms. The van der Waals surface area contributed by atoms with Crippen molar-refractivity contribution in [3.05, 3.63) is 65.2 Å². The monoisotopic (exact) mass is 388 g/mol. The van der Waals surface area contributed by atoms with E-state index in [1.165, 1.54) is 23.9 Å². The molecule has 0 radical (unpaired) electrons. The van der Waals surface area contributed by atoms with E-state index in [0.29, 0.717) is 18.7 Å².